The molecule has 0 saturated carbocycles. The number of hydrogen-bond acceptors (Lipinski definition) is 5. The van der Waals surface area contributed by atoms with E-state index in [2.05, 4.69) is 39.9 Å². The zero-order valence-electron chi connectivity index (χ0n) is 17.2. The minimum absolute atomic E-state index is 0.124. The van der Waals surface area contributed by atoms with Crippen molar-refractivity contribution in [3.05, 3.63) is 76.1 Å². The third kappa shape index (κ3) is 5.14. The fourth-order valence-electron chi connectivity index (χ4n) is 3.66. The summed E-state index contributed by atoms with van der Waals surface area (Å²) in [6, 6.07) is 18.2. The first-order valence-corrected chi connectivity index (χ1v) is 11.2. The molecule has 0 radical (unpaired) electrons. The molecule has 0 spiro atoms. The first-order chi connectivity index (χ1) is 14.7. The Labute approximate surface area is 181 Å². The lowest BCUT2D eigenvalue weighted by Crippen LogP contribution is -2.46. The number of ether oxygens (including phenoxy) is 1. The maximum absolute atomic E-state index is 13.1. The molecule has 4 rings (SSSR count). The number of nitrogens with zero attached hydrogens (tertiary/aromatic N) is 2. The van der Waals surface area contributed by atoms with Crippen molar-refractivity contribution in [1.29, 1.82) is 0 Å². The van der Waals surface area contributed by atoms with Crippen molar-refractivity contribution in [1.82, 2.24) is 15.2 Å². The van der Waals surface area contributed by atoms with Gasteiger partial charge in [-0.2, -0.15) is 0 Å². The average Bonchev–Trinajstić information content (AvgIpc) is 3.24. The second-order valence-electron chi connectivity index (χ2n) is 7.43. The number of amides is 1. The molecule has 30 heavy (non-hydrogen) atoms. The highest BCUT2D eigenvalue weighted by atomic mass is 32.1. The van der Waals surface area contributed by atoms with Gasteiger partial charge in [0.15, 0.2) is 0 Å². The second-order valence-corrected chi connectivity index (χ2v) is 8.50. The zero-order valence-corrected chi connectivity index (χ0v) is 18.0. The molecule has 0 bridgehead atoms. The molecule has 0 unspecified atom stereocenters. The number of thiazole rings is 1. The molecule has 1 aliphatic heterocycles. The molecule has 1 aliphatic rings. The number of morpholine rings is 1. The van der Waals surface area contributed by atoms with Gasteiger partial charge in [-0.25, -0.2) is 4.98 Å². The van der Waals surface area contributed by atoms with Gasteiger partial charge in [0, 0.05) is 30.6 Å². The van der Waals surface area contributed by atoms with E-state index in [9.17, 15) is 4.79 Å². The van der Waals surface area contributed by atoms with E-state index < -0.39 is 0 Å². The third-order valence-electron chi connectivity index (χ3n) is 5.33. The largest absolute Gasteiger partial charge is 0.378 e. The number of nitrogens with one attached hydrogen (secondary N) is 1. The quantitative estimate of drug-likeness (QED) is 0.630. The molecular weight excluding hydrogens is 394 g/mol. The van der Waals surface area contributed by atoms with Crippen LogP contribution in [0.5, 0.6) is 0 Å². The minimum atomic E-state index is -0.332. The first-order valence-electron chi connectivity index (χ1n) is 10.4. The van der Waals surface area contributed by atoms with Gasteiger partial charge in [-0.15, -0.1) is 11.3 Å². The van der Waals surface area contributed by atoms with Crippen LogP contribution in [0.15, 0.2) is 60.0 Å². The van der Waals surface area contributed by atoms with Crippen LogP contribution < -0.4 is 5.32 Å². The highest BCUT2D eigenvalue weighted by Gasteiger charge is 2.26. The molecule has 1 N–H and O–H groups in total. The van der Waals surface area contributed by atoms with Crippen LogP contribution in [0, 0.1) is 6.92 Å². The molecular formula is C24H27N3O2S. The normalized spacial score (nSPS) is 15.2. The zero-order chi connectivity index (χ0) is 20.8. The molecule has 2 heterocycles. The summed E-state index contributed by atoms with van der Waals surface area (Å²) in [6.07, 6.45) is 0.857. The van der Waals surface area contributed by atoms with E-state index in [-0.39, 0.29) is 11.9 Å². The number of rotatable bonds is 7. The maximum Gasteiger partial charge on any atom is 0.244 e. The molecule has 1 fully saturated rings. The van der Waals surface area contributed by atoms with Gasteiger partial charge in [0.1, 0.15) is 6.04 Å². The van der Waals surface area contributed by atoms with Crippen LogP contribution in [-0.2, 0) is 16.0 Å². The Morgan fingerprint density at radius 3 is 2.53 bits per heavy atom. The summed E-state index contributed by atoms with van der Waals surface area (Å²) in [5.41, 5.74) is 4.41. The Hall–Kier alpha value is -2.54. The number of carbonyl (C=O) groups is 1. The predicted molar refractivity (Wildman–Crippen MR) is 121 cm³/mol. The van der Waals surface area contributed by atoms with E-state index in [1.165, 1.54) is 5.56 Å². The Morgan fingerprint density at radius 2 is 1.87 bits per heavy atom. The fraction of sp³-hybridized carbons (Fsp3) is 0.333. The summed E-state index contributed by atoms with van der Waals surface area (Å²) >= 11 is 1.67. The van der Waals surface area contributed by atoms with Crippen LogP contribution >= 0.6 is 11.3 Å². The van der Waals surface area contributed by atoms with Gasteiger partial charge in [0.2, 0.25) is 5.91 Å². The molecule has 1 amide bonds. The van der Waals surface area contributed by atoms with Crippen LogP contribution in [-0.4, -0.2) is 48.6 Å². The summed E-state index contributed by atoms with van der Waals surface area (Å²) in [6.45, 7) is 5.28. The molecule has 5 nitrogen and oxygen atoms in total. The Bertz CT molecular complexity index is 950. The van der Waals surface area contributed by atoms with Crippen molar-refractivity contribution in [2.75, 3.05) is 32.8 Å². The average molecular weight is 422 g/mol. The molecule has 1 saturated heterocycles. The Balaban J connectivity index is 1.39. The van der Waals surface area contributed by atoms with Crippen molar-refractivity contribution in [3.63, 3.8) is 0 Å². The van der Waals surface area contributed by atoms with E-state index in [0.29, 0.717) is 26.3 Å². The monoisotopic (exact) mass is 421 g/mol. The number of benzene rings is 2. The van der Waals surface area contributed by atoms with Gasteiger partial charge in [0.05, 0.1) is 23.9 Å². The van der Waals surface area contributed by atoms with Crippen LogP contribution in [0.1, 0.15) is 22.2 Å². The van der Waals surface area contributed by atoms with Gasteiger partial charge in [-0.3, -0.25) is 4.79 Å². The number of carbonyl (C=O) groups excluding carboxylic acids is 1. The number of hydrogen-bond donors (Lipinski definition) is 1. The van der Waals surface area contributed by atoms with E-state index in [4.69, 9.17) is 4.74 Å². The topological polar surface area (TPSA) is 54.5 Å². The van der Waals surface area contributed by atoms with Crippen LogP contribution in [0.4, 0.5) is 0 Å². The van der Waals surface area contributed by atoms with Crippen LogP contribution in [0.3, 0.4) is 0 Å². The summed E-state index contributed by atoms with van der Waals surface area (Å²) in [5, 5.41) is 6.66. The van der Waals surface area contributed by atoms with E-state index in [0.717, 1.165) is 34.8 Å². The van der Waals surface area contributed by atoms with Crippen LogP contribution in [0.2, 0.25) is 0 Å². The third-order valence-corrected chi connectivity index (χ3v) is 6.11. The van der Waals surface area contributed by atoms with Crippen molar-refractivity contribution in [3.8, 4) is 11.3 Å². The summed E-state index contributed by atoms with van der Waals surface area (Å²) in [4.78, 5) is 19.6. The lowest BCUT2D eigenvalue weighted by molar-refractivity contribution is -0.137. The molecule has 3 aromatic rings. The highest BCUT2D eigenvalue weighted by molar-refractivity contribution is 7.09. The first kappa shape index (κ1) is 20.7. The Kier molecular flexibility index (Phi) is 6.89. The van der Waals surface area contributed by atoms with Gasteiger partial charge in [-0.05, 0) is 24.5 Å². The van der Waals surface area contributed by atoms with Crippen molar-refractivity contribution < 1.29 is 9.53 Å². The van der Waals surface area contributed by atoms with Crippen molar-refractivity contribution >= 4 is 17.2 Å². The molecule has 6 heteroatoms. The molecule has 156 valence electrons. The SMILES string of the molecule is Cc1nc(-c2ccc(CCN[C@H](C(=O)N3CCOCC3)c3ccccc3)cc2)cs1. The van der Waals surface area contributed by atoms with Crippen LogP contribution in [0.25, 0.3) is 11.3 Å². The van der Waals surface area contributed by atoms with E-state index >= 15 is 0 Å². The summed E-state index contributed by atoms with van der Waals surface area (Å²) < 4.78 is 5.40. The van der Waals surface area contributed by atoms with Gasteiger partial charge >= 0.3 is 0 Å². The molecule has 2 aromatic carbocycles. The lowest BCUT2D eigenvalue weighted by atomic mass is 10.0. The summed E-state index contributed by atoms with van der Waals surface area (Å²) in [7, 11) is 0. The van der Waals surface area contributed by atoms with Gasteiger partial charge < -0.3 is 15.0 Å². The maximum atomic E-state index is 13.1. The number of aryl methyl sites for hydroxylation is 1. The minimum Gasteiger partial charge on any atom is -0.378 e. The molecule has 1 atom stereocenters. The molecule has 0 aliphatic carbocycles. The summed E-state index contributed by atoms with van der Waals surface area (Å²) in [5.74, 6) is 0.124. The fourth-order valence-corrected chi connectivity index (χ4v) is 4.28. The predicted octanol–water partition coefficient (Wildman–Crippen LogP) is 3.85. The standard InChI is InChI=1S/C24H27N3O2S/c1-18-26-22(17-30-18)20-9-7-19(8-10-20)11-12-25-23(21-5-3-2-4-6-21)24(28)27-13-15-29-16-14-27/h2-10,17,23,25H,11-16H2,1H3/t23-/m0/s1. The number of aromatic nitrogens is 1. The second kappa shape index (κ2) is 9.98. The smallest absolute Gasteiger partial charge is 0.244 e. The Morgan fingerprint density at radius 1 is 1.13 bits per heavy atom. The lowest BCUT2D eigenvalue weighted by Gasteiger charge is -2.31. The van der Waals surface area contributed by atoms with Crippen molar-refractivity contribution in [2.24, 2.45) is 0 Å². The van der Waals surface area contributed by atoms with Crippen molar-refractivity contribution in [2.45, 2.75) is 19.4 Å². The van der Waals surface area contributed by atoms with Gasteiger partial charge in [-0.1, -0.05) is 54.6 Å². The molecule has 1 aromatic heterocycles. The van der Waals surface area contributed by atoms with E-state index in [1.54, 1.807) is 11.3 Å². The van der Waals surface area contributed by atoms with E-state index in [1.807, 2.05) is 42.2 Å². The van der Waals surface area contributed by atoms with Gasteiger partial charge in [0.25, 0.3) is 0 Å². The highest BCUT2D eigenvalue weighted by Crippen LogP contribution is 2.22.